The number of hydrogen-bond acceptors (Lipinski definition) is 3. The zero-order valence-corrected chi connectivity index (χ0v) is 12.6. The minimum absolute atomic E-state index is 0.119. The van der Waals surface area contributed by atoms with Gasteiger partial charge in [-0.1, -0.05) is 0 Å². The minimum Gasteiger partial charge on any atom is -0.369 e. The second kappa shape index (κ2) is 5.00. The fourth-order valence-electron chi connectivity index (χ4n) is 3.44. The maximum absolute atomic E-state index is 12.4. The van der Waals surface area contributed by atoms with Crippen LogP contribution in [0.1, 0.15) is 33.6 Å². The van der Waals surface area contributed by atoms with E-state index in [9.17, 15) is 4.79 Å². The molecular formula is C16H18N2O2S. The van der Waals surface area contributed by atoms with Gasteiger partial charge in [0.1, 0.15) is 5.60 Å². The van der Waals surface area contributed by atoms with Crippen molar-refractivity contribution in [3.63, 3.8) is 0 Å². The molecule has 1 N–H and O–H groups in total. The van der Waals surface area contributed by atoms with Crippen LogP contribution in [0.2, 0.25) is 0 Å². The average Bonchev–Trinajstić information content (AvgIpc) is 3.19. The van der Waals surface area contributed by atoms with Crippen molar-refractivity contribution in [2.24, 2.45) is 0 Å². The molecule has 2 aliphatic rings. The molecule has 1 saturated heterocycles. The number of carbonyl (C=O) groups is 1. The van der Waals surface area contributed by atoms with Crippen LogP contribution in [0.15, 0.2) is 29.9 Å². The topological polar surface area (TPSA) is 45.3 Å². The van der Waals surface area contributed by atoms with E-state index in [-0.39, 0.29) is 11.5 Å². The van der Waals surface area contributed by atoms with Gasteiger partial charge in [-0.2, -0.15) is 0 Å². The number of aromatic nitrogens is 1. The molecule has 2 aromatic heterocycles. The Kier molecular flexibility index (Phi) is 3.12. The molecule has 1 spiro atoms. The normalized spacial score (nSPS) is 20.5. The van der Waals surface area contributed by atoms with Crippen LogP contribution in [-0.2, 0) is 16.8 Å². The van der Waals surface area contributed by atoms with Gasteiger partial charge in [0, 0.05) is 30.4 Å². The van der Waals surface area contributed by atoms with Crippen LogP contribution in [0.5, 0.6) is 0 Å². The Bertz CT molecular complexity index is 639. The Morgan fingerprint density at radius 1 is 1.33 bits per heavy atom. The molecule has 2 aliphatic heterocycles. The van der Waals surface area contributed by atoms with Crippen LogP contribution >= 0.6 is 11.3 Å². The Morgan fingerprint density at radius 3 is 2.95 bits per heavy atom. The van der Waals surface area contributed by atoms with Crippen LogP contribution in [0.25, 0.3) is 0 Å². The SMILES string of the molecule is O=C(c1cc[nH]c1)N1CCC2(CC1)OCCc1ccsc12. The predicted octanol–water partition coefficient (Wildman–Crippen LogP) is 2.78. The molecule has 4 rings (SSSR count). The second-order valence-corrected chi connectivity index (χ2v) is 6.68. The minimum atomic E-state index is -0.142. The number of H-pyrrole nitrogens is 1. The Balaban J connectivity index is 1.52. The summed E-state index contributed by atoms with van der Waals surface area (Å²) in [5, 5.41) is 2.17. The first kappa shape index (κ1) is 13.1. The lowest BCUT2D eigenvalue weighted by atomic mass is 9.85. The standard InChI is InChI=1S/C16H18N2O2S/c19-15(13-1-6-17-11-13)18-7-4-16(5-8-18)14-12(2-9-20-16)3-10-21-14/h1,3,6,10-11,17H,2,4-5,7-9H2. The van der Waals surface area contributed by atoms with Crippen molar-refractivity contribution in [3.8, 4) is 0 Å². The van der Waals surface area contributed by atoms with E-state index >= 15 is 0 Å². The molecule has 4 heterocycles. The van der Waals surface area contributed by atoms with Crippen molar-refractivity contribution in [2.75, 3.05) is 19.7 Å². The molecule has 5 heteroatoms. The number of amides is 1. The summed E-state index contributed by atoms with van der Waals surface area (Å²) in [4.78, 5) is 18.7. The zero-order valence-electron chi connectivity index (χ0n) is 11.8. The number of ether oxygens (including phenoxy) is 1. The molecule has 0 saturated carbocycles. The summed E-state index contributed by atoms with van der Waals surface area (Å²) >= 11 is 1.80. The maximum Gasteiger partial charge on any atom is 0.255 e. The van der Waals surface area contributed by atoms with Crippen molar-refractivity contribution >= 4 is 17.2 Å². The number of thiophene rings is 1. The van der Waals surface area contributed by atoms with Gasteiger partial charge in [0.15, 0.2) is 0 Å². The fourth-order valence-corrected chi connectivity index (χ4v) is 4.60. The third kappa shape index (κ3) is 2.12. The molecule has 0 bridgehead atoms. The van der Waals surface area contributed by atoms with E-state index < -0.39 is 0 Å². The molecule has 1 amide bonds. The van der Waals surface area contributed by atoms with Crippen molar-refractivity contribution in [1.82, 2.24) is 9.88 Å². The van der Waals surface area contributed by atoms with Gasteiger partial charge in [0.25, 0.3) is 5.91 Å². The van der Waals surface area contributed by atoms with Crippen LogP contribution in [0, 0.1) is 0 Å². The van der Waals surface area contributed by atoms with E-state index in [2.05, 4.69) is 16.4 Å². The average molecular weight is 302 g/mol. The maximum atomic E-state index is 12.4. The number of carbonyl (C=O) groups excluding carboxylic acids is 1. The van der Waals surface area contributed by atoms with Crippen LogP contribution < -0.4 is 0 Å². The van der Waals surface area contributed by atoms with Gasteiger partial charge >= 0.3 is 0 Å². The predicted molar refractivity (Wildman–Crippen MR) is 81.6 cm³/mol. The molecule has 0 aliphatic carbocycles. The number of nitrogens with zero attached hydrogens (tertiary/aromatic N) is 1. The molecular weight excluding hydrogens is 284 g/mol. The van der Waals surface area contributed by atoms with Crippen LogP contribution in [-0.4, -0.2) is 35.5 Å². The Morgan fingerprint density at radius 2 is 2.19 bits per heavy atom. The van der Waals surface area contributed by atoms with Crippen molar-refractivity contribution in [3.05, 3.63) is 45.9 Å². The number of rotatable bonds is 1. The molecule has 2 aromatic rings. The summed E-state index contributed by atoms with van der Waals surface area (Å²) in [6.45, 7) is 2.33. The van der Waals surface area contributed by atoms with E-state index in [1.165, 1.54) is 10.4 Å². The highest BCUT2D eigenvalue weighted by Crippen LogP contribution is 2.44. The molecule has 21 heavy (non-hydrogen) atoms. The first-order chi connectivity index (χ1) is 10.3. The van der Waals surface area contributed by atoms with Gasteiger partial charge in [0.2, 0.25) is 0 Å². The van der Waals surface area contributed by atoms with Gasteiger partial charge in [0.05, 0.1) is 12.2 Å². The second-order valence-electron chi connectivity index (χ2n) is 5.76. The first-order valence-corrected chi connectivity index (χ1v) is 8.29. The summed E-state index contributed by atoms with van der Waals surface area (Å²) in [5.41, 5.74) is 2.04. The van der Waals surface area contributed by atoms with E-state index in [4.69, 9.17) is 4.74 Å². The van der Waals surface area contributed by atoms with Crippen molar-refractivity contribution < 1.29 is 9.53 Å². The third-order valence-corrected chi connectivity index (χ3v) is 5.76. The van der Waals surface area contributed by atoms with Gasteiger partial charge in [-0.25, -0.2) is 0 Å². The van der Waals surface area contributed by atoms with Crippen molar-refractivity contribution in [1.29, 1.82) is 0 Å². The van der Waals surface area contributed by atoms with Crippen LogP contribution in [0.4, 0.5) is 0 Å². The zero-order chi connectivity index (χ0) is 14.3. The number of likely N-dealkylation sites (tertiary alicyclic amines) is 1. The summed E-state index contributed by atoms with van der Waals surface area (Å²) in [6.07, 6.45) is 6.38. The van der Waals surface area contributed by atoms with Gasteiger partial charge < -0.3 is 14.6 Å². The number of nitrogens with one attached hydrogen (secondary N) is 1. The number of aromatic amines is 1. The summed E-state index contributed by atoms with van der Waals surface area (Å²) in [5.74, 6) is 0.119. The highest BCUT2D eigenvalue weighted by Gasteiger charge is 2.42. The quantitative estimate of drug-likeness (QED) is 0.880. The molecule has 0 aromatic carbocycles. The van der Waals surface area contributed by atoms with Crippen LogP contribution in [0.3, 0.4) is 0 Å². The number of hydrogen-bond donors (Lipinski definition) is 1. The van der Waals surface area contributed by atoms with Gasteiger partial charge in [-0.05, 0) is 42.3 Å². The molecule has 0 unspecified atom stereocenters. The third-order valence-electron chi connectivity index (χ3n) is 4.61. The molecule has 110 valence electrons. The number of piperidine rings is 1. The highest BCUT2D eigenvalue weighted by molar-refractivity contribution is 7.10. The van der Waals surface area contributed by atoms with Gasteiger partial charge in [-0.15, -0.1) is 11.3 Å². The summed E-state index contributed by atoms with van der Waals surface area (Å²) < 4.78 is 6.18. The monoisotopic (exact) mass is 302 g/mol. The summed E-state index contributed by atoms with van der Waals surface area (Å²) in [6, 6.07) is 4.06. The lowest BCUT2D eigenvalue weighted by Gasteiger charge is -2.43. The largest absolute Gasteiger partial charge is 0.369 e. The number of fused-ring (bicyclic) bond motifs is 2. The molecule has 0 radical (unpaired) electrons. The van der Waals surface area contributed by atoms with Crippen molar-refractivity contribution in [2.45, 2.75) is 24.9 Å². The van der Waals surface area contributed by atoms with E-state index in [1.807, 2.05) is 11.0 Å². The molecule has 0 atom stereocenters. The highest BCUT2D eigenvalue weighted by atomic mass is 32.1. The summed E-state index contributed by atoms with van der Waals surface area (Å²) in [7, 11) is 0. The van der Waals surface area contributed by atoms with E-state index in [0.717, 1.165) is 44.5 Å². The Hall–Kier alpha value is -1.59. The lowest BCUT2D eigenvalue weighted by molar-refractivity contribution is -0.0906. The van der Waals surface area contributed by atoms with E-state index in [0.29, 0.717) is 0 Å². The Labute approximate surface area is 127 Å². The smallest absolute Gasteiger partial charge is 0.255 e. The molecule has 1 fully saturated rings. The van der Waals surface area contributed by atoms with Gasteiger partial charge in [-0.3, -0.25) is 4.79 Å². The molecule has 4 nitrogen and oxygen atoms in total. The van der Waals surface area contributed by atoms with E-state index in [1.54, 1.807) is 23.7 Å². The first-order valence-electron chi connectivity index (χ1n) is 7.41. The fraction of sp³-hybridized carbons (Fsp3) is 0.438. The lowest BCUT2D eigenvalue weighted by Crippen LogP contribution is -2.47.